The highest BCUT2D eigenvalue weighted by atomic mass is 32.2. The summed E-state index contributed by atoms with van der Waals surface area (Å²) >= 11 is 1.82. The third kappa shape index (κ3) is 6.66. The van der Waals surface area contributed by atoms with Crippen LogP contribution in [-0.2, 0) is 0 Å². The summed E-state index contributed by atoms with van der Waals surface area (Å²) in [5, 5.41) is 0. The van der Waals surface area contributed by atoms with E-state index in [-0.39, 0.29) is 0 Å². The van der Waals surface area contributed by atoms with Crippen molar-refractivity contribution < 1.29 is 0 Å². The Morgan fingerprint density at radius 2 is 1.27 bits per heavy atom. The first-order valence-corrected chi connectivity index (χ1v) is 5.04. The Morgan fingerprint density at radius 1 is 0.909 bits per heavy atom. The summed E-state index contributed by atoms with van der Waals surface area (Å²) in [6.45, 7) is 6.74. The van der Waals surface area contributed by atoms with E-state index in [2.05, 4.69) is 36.6 Å². The highest BCUT2D eigenvalue weighted by Crippen LogP contribution is 2.11. The van der Waals surface area contributed by atoms with Crippen molar-refractivity contribution in [1.29, 1.82) is 0 Å². The Bertz CT molecular complexity index is 78.2. The minimum atomic E-state index is 1.17. The van der Waals surface area contributed by atoms with E-state index in [9.17, 15) is 0 Å². The van der Waals surface area contributed by atoms with Crippen molar-refractivity contribution in [3.8, 4) is 0 Å². The van der Waals surface area contributed by atoms with E-state index in [0.717, 1.165) is 0 Å². The maximum absolute atomic E-state index is 2.27. The first-order chi connectivity index (χ1) is 5.20. The van der Waals surface area contributed by atoms with E-state index in [1.165, 1.54) is 25.9 Å². The van der Waals surface area contributed by atoms with Gasteiger partial charge in [-0.05, 0) is 26.9 Å². The van der Waals surface area contributed by atoms with Crippen molar-refractivity contribution in [3.63, 3.8) is 0 Å². The molecule has 0 aliphatic heterocycles. The van der Waals surface area contributed by atoms with Gasteiger partial charge in [0, 0.05) is 25.2 Å². The van der Waals surface area contributed by atoms with Crippen molar-refractivity contribution in [2.75, 3.05) is 27.2 Å². The number of rotatable bonds is 6. The van der Waals surface area contributed by atoms with E-state index in [4.69, 9.17) is 0 Å². The van der Waals surface area contributed by atoms with Crippen LogP contribution in [0, 0.1) is 0 Å². The fourth-order valence-corrected chi connectivity index (χ4v) is 1.95. The monoisotopic (exact) mass is 176 g/mol. The Kier molecular flexibility index (Phi) is 7.12. The van der Waals surface area contributed by atoms with E-state index < -0.39 is 0 Å². The SMILES string of the molecule is CCCN(C)SN(C)CCC. The summed E-state index contributed by atoms with van der Waals surface area (Å²) in [5.41, 5.74) is 0. The van der Waals surface area contributed by atoms with Crippen molar-refractivity contribution in [3.05, 3.63) is 0 Å². The molecule has 0 atom stereocenters. The molecule has 0 saturated carbocycles. The molecule has 0 fully saturated rings. The number of nitrogens with zero attached hydrogens (tertiary/aromatic N) is 2. The maximum atomic E-state index is 2.27. The molecule has 0 saturated heterocycles. The minimum Gasteiger partial charge on any atom is -0.240 e. The first-order valence-electron chi connectivity index (χ1n) is 4.31. The van der Waals surface area contributed by atoms with Gasteiger partial charge in [0.2, 0.25) is 0 Å². The predicted molar refractivity (Wildman–Crippen MR) is 53.4 cm³/mol. The van der Waals surface area contributed by atoms with Crippen LogP contribution in [0.4, 0.5) is 0 Å². The van der Waals surface area contributed by atoms with Gasteiger partial charge in [0.25, 0.3) is 0 Å². The molecular formula is C8H20N2S. The second-order valence-corrected chi connectivity index (χ2v) is 4.19. The standard InChI is InChI=1S/C8H20N2S/c1-5-7-9(3)11-10(4)8-6-2/h5-8H2,1-4H3. The lowest BCUT2D eigenvalue weighted by Gasteiger charge is -2.21. The summed E-state index contributed by atoms with van der Waals surface area (Å²) < 4.78 is 4.55. The highest BCUT2D eigenvalue weighted by molar-refractivity contribution is 7.94. The van der Waals surface area contributed by atoms with Crippen LogP contribution in [0.2, 0.25) is 0 Å². The fourth-order valence-electron chi connectivity index (χ4n) is 0.949. The topological polar surface area (TPSA) is 6.48 Å². The molecule has 0 amide bonds. The number of hydrogen-bond donors (Lipinski definition) is 0. The third-order valence-electron chi connectivity index (χ3n) is 1.36. The Morgan fingerprint density at radius 3 is 1.55 bits per heavy atom. The average Bonchev–Trinajstić information content (AvgIpc) is 1.87. The molecule has 0 aromatic rings. The van der Waals surface area contributed by atoms with Crippen molar-refractivity contribution >= 4 is 12.1 Å². The van der Waals surface area contributed by atoms with Crippen molar-refractivity contribution in [2.45, 2.75) is 26.7 Å². The summed E-state index contributed by atoms with van der Waals surface area (Å²) in [6, 6.07) is 0. The summed E-state index contributed by atoms with van der Waals surface area (Å²) in [7, 11) is 4.28. The molecule has 2 nitrogen and oxygen atoms in total. The van der Waals surface area contributed by atoms with Crippen LogP contribution in [0.15, 0.2) is 0 Å². The van der Waals surface area contributed by atoms with Gasteiger partial charge in [-0.15, -0.1) is 0 Å². The largest absolute Gasteiger partial charge is 0.240 e. The van der Waals surface area contributed by atoms with Gasteiger partial charge in [-0.2, -0.15) is 0 Å². The van der Waals surface area contributed by atoms with Gasteiger partial charge in [-0.1, -0.05) is 13.8 Å². The van der Waals surface area contributed by atoms with Gasteiger partial charge in [0.15, 0.2) is 0 Å². The molecule has 3 heteroatoms. The quantitative estimate of drug-likeness (QED) is 0.573. The van der Waals surface area contributed by atoms with E-state index in [0.29, 0.717) is 0 Å². The molecule has 0 bridgehead atoms. The van der Waals surface area contributed by atoms with Gasteiger partial charge < -0.3 is 0 Å². The van der Waals surface area contributed by atoms with E-state index in [1.807, 2.05) is 12.1 Å². The lowest BCUT2D eigenvalue weighted by atomic mass is 10.5. The van der Waals surface area contributed by atoms with Gasteiger partial charge in [-0.3, -0.25) is 0 Å². The molecule has 0 aliphatic rings. The van der Waals surface area contributed by atoms with Crippen LogP contribution in [0.1, 0.15) is 26.7 Å². The molecule has 0 rings (SSSR count). The molecule has 0 aromatic heterocycles. The summed E-state index contributed by atoms with van der Waals surface area (Å²) in [5.74, 6) is 0. The average molecular weight is 176 g/mol. The van der Waals surface area contributed by atoms with E-state index >= 15 is 0 Å². The lowest BCUT2D eigenvalue weighted by Crippen LogP contribution is -2.20. The zero-order chi connectivity index (χ0) is 8.69. The molecule has 68 valence electrons. The van der Waals surface area contributed by atoms with Gasteiger partial charge in [-0.25, -0.2) is 8.61 Å². The van der Waals surface area contributed by atoms with Crippen molar-refractivity contribution in [1.82, 2.24) is 8.61 Å². The zero-order valence-corrected chi connectivity index (χ0v) is 8.95. The van der Waals surface area contributed by atoms with Crippen LogP contribution >= 0.6 is 12.1 Å². The Hall–Kier alpha value is 0.270. The lowest BCUT2D eigenvalue weighted by molar-refractivity contribution is 0.492. The molecule has 0 N–H and O–H groups in total. The van der Waals surface area contributed by atoms with Crippen LogP contribution in [0.25, 0.3) is 0 Å². The van der Waals surface area contributed by atoms with Gasteiger partial charge in [0.05, 0.1) is 0 Å². The molecule has 0 unspecified atom stereocenters. The molecular weight excluding hydrogens is 156 g/mol. The van der Waals surface area contributed by atoms with Gasteiger partial charge >= 0.3 is 0 Å². The normalized spacial score (nSPS) is 11.5. The second-order valence-electron chi connectivity index (χ2n) is 2.78. The molecule has 0 aromatic carbocycles. The maximum Gasteiger partial charge on any atom is 0.00956 e. The molecule has 11 heavy (non-hydrogen) atoms. The molecule has 0 heterocycles. The van der Waals surface area contributed by atoms with Crippen LogP contribution < -0.4 is 0 Å². The summed E-state index contributed by atoms with van der Waals surface area (Å²) in [4.78, 5) is 0. The molecule has 0 aliphatic carbocycles. The van der Waals surface area contributed by atoms with Crippen LogP contribution in [0.5, 0.6) is 0 Å². The molecule has 0 spiro atoms. The second kappa shape index (κ2) is 6.95. The van der Waals surface area contributed by atoms with Crippen LogP contribution in [-0.4, -0.2) is 35.8 Å². The van der Waals surface area contributed by atoms with Gasteiger partial charge in [0.1, 0.15) is 0 Å². The minimum absolute atomic E-state index is 1.17. The fraction of sp³-hybridized carbons (Fsp3) is 1.00. The third-order valence-corrected chi connectivity index (χ3v) is 2.28. The predicted octanol–water partition coefficient (Wildman–Crippen LogP) is 2.23. The first kappa shape index (κ1) is 11.3. The molecule has 0 radical (unpaired) electrons. The highest BCUT2D eigenvalue weighted by Gasteiger charge is 2.01. The smallest absolute Gasteiger partial charge is 0.00956 e. The van der Waals surface area contributed by atoms with E-state index in [1.54, 1.807) is 0 Å². The summed E-state index contributed by atoms with van der Waals surface area (Å²) in [6.07, 6.45) is 2.45. The van der Waals surface area contributed by atoms with Crippen molar-refractivity contribution in [2.24, 2.45) is 0 Å². The number of hydrogen-bond acceptors (Lipinski definition) is 3. The Balaban J connectivity index is 3.32. The van der Waals surface area contributed by atoms with Crippen LogP contribution in [0.3, 0.4) is 0 Å². The zero-order valence-electron chi connectivity index (χ0n) is 8.13. The Labute approximate surface area is 75.2 Å².